The zero-order chi connectivity index (χ0) is 23.2. The number of carbonyl (C=O) groups is 1. The first-order valence-corrected chi connectivity index (χ1v) is 12.2. The van der Waals surface area contributed by atoms with Crippen LogP contribution in [0.15, 0.2) is 72.8 Å². The summed E-state index contributed by atoms with van der Waals surface area (Å²) in [5, 5.41) is 1.30. The Morgan fingerprint density at radius 2 is 1.65 bits per heavy atom. The molecule has 2 atom stereocenters. The van der Waals surface area contributed by atoms with Crippen LogP contribution >= 0.6 is 23.2 Å². The van der Waals surface area contributed by atoms with E-state index in [0.29, 0.717) is 36.3 Å². The van der Waals surface area contributed by atoms with Gasteiger partial charge < -0.3 is 9.47 Å². The standard InChI is InChI=1S/C28H23Cl2NO3/c29-18-9-10-27(30)25(13-18)17-11-19-14-33-15-20(12-17)31(19)28(32)34-16-26-23-7-3-1-5-21(23)22-6-2-4-8-24(22)26/h1-11,13,19-20,26H,12,14-16H2. The smallest absolute Gasteiger partial charge is 0.410 e. The Morgan fingerprint density at radius 3 is 2.35 bits per heavy atom. The molecule has 0 saturated carbocycles. The summed E-state index contributed by atoms with van der Waals surface area (Å²) in [5.74, 6) is 0.0357. The Balaban J connectivity index is 1.23. The largest absolute Gasteiger partial charge is 0.448 e. The van der Waals surface area contributed by atoms with Gasteiger partial charge in [0.15, 0.2) is 0 Å². The molecule has 1 saturated heterocycles. The van der Waals surface area contributed by atoms with Gasteiger partial charge in [-0.05, 0) is 58.0 Å². The van der Waals surface area contributed by atoms with Crippen molar-refractivity contribution in [3.63, 3.8) is 0 Å². The van der Waals surface area contributed by atoms with Crippen LogP contribution in [0.4, 0.5) is 4.79 Å². The number of nitrogens with zero attached hydrogens (tertiary/aromatic N) is 1. The SMILES string of the molecule is O=C(OCC1c2ccccc2-c2ccccc21)N1C2C=C(c3cc(Cl)ccc3Cl)CC1COC2. The summed E-state index contributed by atoms with van der Waals surface area (Å²) in [6.07, 6.45) is 2.41. The van der Waals surface area contributed by atoms with Crippen molar-refractivity contribution in [1.29, 1.82) is 0 Å². The third-order valence-electron chi connectivity index (χ3n) is 7.02. The third-order valence-corrected chi connectivity index (χ3v) is 7.58. The highest BCUT2D eigenvalue weighted by atomic mass is 35.5. The Bertz CT molecular complexity index is 1260. The number of benzene rings is 3. The number of hydrogen-bond acceptors (Lipinski definition) is 3. The minimum Gasteiger partial charge on any atom is -0.448 e. The molecule has 2 bridgehead atoms. The number of fused-ring (bicyclic) bond motifs is 5. The van der Waals surface area contributed by atoms with Crippen LogP contribution in [0.25, 0.3) is 16.7 Å². The number of carbonyl (C=O) groups excluding carboxylic acids is 1. The predicted molar refractivity (Wildman–Crippen MR) is 134 cm³/mol. The summed E-state index contributed by atoms with van der Waals surface area (Å²) in [6.45, 7) is 1.21. The Morgan fingerprint density at radius 1 is 0.941 bits per heavy atom. The average molecular weight is 492 g/mol. The van der Waals surface area contributed by atoms with Crippen LogP contribution in [0.3, 0.4) is 0 Å². The summed E-state index contributed by atoms with van der Waals surface area (Å²) in [4.78, 5) is 15.2. The predicted octanol–water partition coefficient (Wildman–Crippen LogP) is 6.80. The van der Waals surface area contributed by atoms with Gasteiger partial charge in [0.05, 0.1) is 25.3 Å². The van der Waals surface area contributed by atoms with Crippen molar-refractivity contribution in [2.45, 2.75) is 24.4 Å². The highest BCUT2D eigenvalue weighted by molar-refractivity contribution is 6.34. The van der Waals surface area contributed by atoms with Crippen molar-refractivity contribution in [3.8, 4) is 11.1 Å². The van der Waals surface area contributed by atoms with E-state index in [9.17, 15) is 4.79 Å². The van der Waals surface area contributed by atoms with Crippen molar-refractivity contribution in [2.75, 3.05) is 19.8 Å². The summed E-state index contributed by atoms with van der Waals surface area (Å²) in [7, 11) is 0. The van der Waals surface area contributed by atoms with E-state index < -0.39 is 0 Å². The Kier molecular flexibility index (Phi) is 5.60. The van der Waals surface area contributed by atoms with Crippen molar-refractivity contribution in [2.24, 2.45) is 0 Å². The number of rotatable bonds is 3. The molecule has 1 amide bonds. The molecular formula is C28H23Cl2NO3. The molecule has 1 aliphatic carbocycles. The zero-order valence-electron chi connectivity index (χ0n) is 18.4. The van der Waals surface area contributed by atoms with Crippen LogP contribution in [0.2, 0.25) is 10.0 Å². The van der Waals surface area contributed by atoms with E-state index in [1.165, 1.54) is 22.3 Å². The van der Waals surface area contributed by atoms with E-state index in [0.717, 1.165) is 11.1 Å². The van der Waals surface area contributed by atoms with Gasteiger partial charge in [-0.1, -0.05) is 77.8 Å². The van der Waals surface area contributed by atoms with E-state index in [-0.39, 0.29) is 24.1 Å². The van der Waals surface area contributed by atoms with Crippen molar-refractivity contribution in [3.05, 3.63) is 99.5 Å². The number of morpholine rings is 1. The fourth-order valence-electron chi connectivity index (χ4n) is 5.49. The first-order valence-electron chi connectivity index (χ1n) is 11.5. The second-order valence-electron chi connectivity index (χ2n) is 8.99. The monoisotopic (exact) mass is 491 g/mol. The highest BCUT2D eigenvalue weighted by Crippen LogP contribution is 2.45. The second kappa shape index (κ2) is 8.77. The molecule has 2 heterocycles. The normalized spacial score (nSPS) is 21.0. The molecule has 0 radical (unpaired) electrons. The lowest BCUT2D eigenvalue weighted by Crippen LogP contribution is -2.56. The Hall–Kier alpha value is -2.79. The molecule has 0 spiro atoms. The molecule has 4 nitrogen and oxygen atoms in total. The van der Waals surface area contributed by atoms with Gasteiger partial charge in [0.25, 0.3) is 0 Å². The molecule has 3 aliphatic rings. The van der Waals surface area contributed by atoms with E-state index in [2.05, 4.69) is 42.5 Å². The maximum atomic E-state index is 13.3. The molecule has 2 aliphatic heterocycles. The lowest BCUT2D eigenvalue weighted by atomic mass is 9.90. The van der Waals surface area contributed by atoms with Crippen molar-refractivity contribution in [1.82, 2.24) is 4.90 Å². The van der Waals surface area contributed by atoms with E-state index in [1.54, 1.807) is 6.07 Å². The Labute approximate surface area is 208 Å². The van der Waals surface area contributed by atoms with Crippen LogP contribution in [-0.2, 0) is 9.47 Å². The molecule has 6 rings (SSSR count). The first kappa shape index (κ1) is 21.7. The average Bonchev–Trinajstić information content (AvgIpc) is 3.17. The van der Waals surface area contributed by atoms with E-state index >= 15 is 0 Å². The summed E-state index contributed by atoms with van der Waals surface area (Å²) < 4.78 is 11.7. The number of halogens is 2. The van der Waals surface area contributed by atoms with Crippen molar-refractivity contribution >= 4 is 34.9 Å². The van der Waals surface area contributed by atoms with Gasteiger partial charge in [0, 0.05) is 16.0 Å². The van der Waals surface area contributed by atoms with Gasteiger partial charge >= 0.3 is 6.09 Å². The number of amides is 1. The van der Waals surface area contributed by atoms with Crippen LogP contribution in [0.1, 0.15) is 29.0 Å². The molecule has 172 valence electrons. The number of hydrogen-bond donors (Lipinski definition) is 0. The third kappa shape index (κ3) is 3.70. The molecule has 34 heavy (non-hydrogen) atoms. The lowest BCUT2D eigenvalue weighted by molar-refractivity contribution is -0.0331. The minimum absolute atomic E-state index is 0.0357. The van der Waals surface area contributed by atoms with Crippen LogP contribution in [0, 0.1) is 0 Å². The van der Waals surface area contributed by atoms with Gasteiger partial charge in [-0.25, -0.2) is 4.79 Å². The summed E-state index contributed by atoms with van der Waals surface area (Å²) in [5.41, 5.74) is 6.85. The maximum Gasteiger partial charge on any atom is 0.410 e. The fourth-order valence-corrected chi connectivity index (χ4v) is 5.90. The topological polar surface area (TPSA) is 38.8 Å². The van der Waals surface area contributed by atoms with Gasteiger partial charge in [-0.3, -0.25) is 4.90 Å². The first-order chi connectivity index (χ1) is 16.6. The maximum absolute atomic E-state index is 13.3. The number of ether oxygens (including phenoxy) is 2. The van der Waals surface area contributed by atoms with Crippen LogP contribution in [0.5, 0.6) is 0 Å². The summed E-state index contributed by atoms with van der Waals surface area (Å²) in [6, 6.07) is 21.9. The van der Waals surface area contributed by atoms with Crippen LogP contribution in [-0.4, -0.2) is 42.9 Å². The van der Waals surface area contributed by atoms with Crippen LogP contribution < -0.4 is 0 Å². The van der Waals surface area contributed by atoms with Gasteiger partial charge in [0.2, 0.25) is 0 Å². The van der Waals surface area contributed by atoms with E-state index in [4.69, 9.17) is 32.7 Å². The van der Waals surface area contributed by atoms with Gasteiger partial charge in [0.1, 0.15) is 6.61 Å². The molecule has 2 unspecified atom stereocenters. The molecule has 1 fully saturated rings. The minimum atomic E-state index is -0.298. The van der Waals surface area contributed by atoms with Gasteiger partial charge in [-0.2, -0.15) is 0 Å². The fraction of sp³-hybridized carbons (Fsp3) is 0.250. The lowest BCUT2D eigenvalue weighted by Gasteiger charge is -2.44. The second-order valence-corrected chi connectivity index (χ2v) is 9.83. The summed E-state index contributed by atoms with van der Waals surface area (Å²) >= 11 is 12.7. The highest BCUT2D eigenvalue weighted by Gasteiger charge is 2.40. The van der Waals surface area contributed by atoms with Gasteiger partial charge in [-0.15, -0.1) is 0 Å². The van der Waals surface area contributed by atoms with Crippen molar-refractivity contribution < 1.29 is 14.3 Å². The molecular weight excluding hydrogens is 469 g/mol. The molecule has 0 aromatic heterocycles. The molecule has 6 heteroatoms. The van der Waals surface area contributed by atoms with E-state index in [1.807, 2.05) is 29.2 Å². The molecule has 3 aromatic carbocycles. The quantitative estimate of drug-likeness (QED) is 0.404. The molecule has 3 aromatic rings. The zero-order valence-corrected chi connectivity index (χ0v) is 19.9. The molecule has 0 N–H and O–H groups in total.